The van der Waals surface area contributed by atoms with Gasteiger partial charge in [-0.2, -0.15) is 0 Å². The fourth-order valence-corrected chi connectivity index (χ4v) is 4.54. The molecule has 39 heavy (non-hydrogen) atoms. The molecule has 2 aromatic rings. The Labute approximate surface area is 222 Å². The molecule has 206 valence electrons. The first kappa shape index (κ1) is 27.8. The standard InChI is InChI=1S/C27H27F3N4O5/c1-2-38-26(37)23(31)21-14-16-34(19-10-8-18(9-11-19)33-15-4-3-5-22(33)35)25(36)24(21)32-17-6-12-20(13-7-17)39-27(28,29)30/h6-13,21,31H,2-5,14-16H2,1H3. The van der Waals surface area contributed by atoms with E-state index < -0.39 is 35.6 Å². The molecule has 0 spiro atoms. The fourth-order valence-electron chi connectivity index (χ4n) is 4.54. The maximum absolute atomic E-state index is 13.6. The van der Waals surface area contributed by atoms with Crippen molar-refractivity contribution in [3.05, 3.63) is 48.5 Å². The molecular formula is C27H27F3N4O5. The van der Waals surface area contributed by atoms with Crippen LogP contribution in [0, 0.1) is 11.3 Å². The number of benzene rings is 2. The van der Waals surface area contributed by atoms with Crippen molar-refractivity contribution in [2.45, 2.75) is 39.0 Å². The first-order valence-corrected chi connectivity index (χ1v) is 12.5. The van der Waals surface area contributed by atoms with Crippen molar-refractivity contribution in [2.24, 2.45) is 10.9 Å². The van der Waals surface area contributed by atoms with E-state index in [1.807, 2.05) is 0 Å². The Balaban J connectivity index is 1.62. The molecule has 1 atom stereocenters. The third-order valence-corrected chi connectivity index (χ3v) is 6.40. The molecule has 0 aromatic heterocycles. The zero-order valence-corrected chi connectivity index (χ0v) is 21.2. The van der Waals surface area contributed by atoms with Crippen LogP contribution >= 0.6 is 0 Å². The molecule has 12 heteroatoms. The second-order valence-corrected chi connectivity index (χ2v) is 8.99. The van der Waals surface area contributed by atoms with Crippen molar-refractivity contribution < 1.29 is 37.0 Å². The molecule has 1 unspecified atom stereocenters. The van der Waals surface area contributed by atoms with Crippen LogP contribution in [0.15, 0.2) is 53.5 Å². The van der Waals surface area contributed by atoms with Crippen molar-refractivity contribution in [2.75, 3.05) is 29.5 Å². The van der Waals surface area contributed by atoms with Gasteiger partial charge in [0.15, 0.2) is 0 Å². The number of carbonyl (C=O) groups excluding carboxylic acids is 3. The van der Waals surface area contributed by atoms with Gasteiger partial charge in [-0.05, 0) is 74.7 Å². The summed E-state index contributed by atoms with van der Waals surface area (Å²) >= 11 is 0. The maximum Gasteiger partial charge on any atom is 0.573 e. The fraction of sp³-hybridized carbons (Fsp3) is 0.370. The smallest absolute Gasteiger partial charge is 0.462 e. The van der Waals surface area contributed by atoms with E-state index in [-0.39, 0.29) is 36.9 Å². The molecule has 2 aromatic carbocycles. The number of nitrogens with one attached hydrogen (secondary N) is 1. The maximum atomic E-state index is 13.6. The number of amides is 2. The second kappa shape index (κ2) is 11.7. The van der Waals surface area contributed by atoms with E-state index in [0.717, 1.165) is 30.7 Å². The van der Waals surface area contributed by atoms with Gasteiger partial charge in [-0.15, -0.1) is 13.2 Å². The van der Waals surface area contributed by atoms with Crippen molar-refractivity contribution in [3.8, 4) is 5.75 Å². The summed E-state index contributed by atoms with van der Waals surface area (Å²) in [4.78, 5) is 45.7. The van der Waals surface area contributed by atoms with Crippen LogP contribution < -0.4 is 14.5 Å². The average molecular weight is 545 g/mol. The third-order valence-electron chi connectivity index (χ3n) is 6.40. The minimum atomic E-state index is -4.86. The van der Waals surface area contributed by atoms with Gasteiger partial charge in [-0.3, -0.25) is 15.0 Å². The minimum absolute atomic E-state index is 0.0458. The topological polar surface area (TPSA) is 112 Å². The van der Waals surface area contributed by atoms with Crippen molar-refractivity contribution in [1.82, 2.24) is 0 Å². The number of esters is 1. The van der Waals surface area contributed by atoms with Crippen LogP contribution in [-0.4, -0.2) is 55.3 Å². The first-order chi connectivity index (χ1) is 18.6. The van der Waals surface area contributed by atoms with Gasteiger partial charge in [-0.25, -0.2) is 9.79 Å². The van der Waals surface area contributed by atoms with Gasteiger partial charge in [0.1, 0.15) is 17.2 Å². The number of nitrogens with zero attached hydrogens (tertiary/aromatic N) is 3. The van der Waals surface area contributed by atoms with Crippen molar-refractivity contribution >= 4 is 46.3 Å². The highest BCUT2D eigenvalue weighted by atomic mass is 19.4. The van der Waals surface area contributed by atoms with Gasteiger partial charge in [0, 0.05) is 30.9 Å². The highest BCUT2D eigenvalue weighted by Gasteiger charge is 2.39. The van der Waals surface area contributed by atoms with Gasteiger partial charge in [0.05, 0.1) is 18.2 Å². The molecule has 0 bridgehead atoms. The molecule has 2 saturated heterocycles. The summed E-state index contributed by atoms with van der Waals surface area (Å²) in [5, 5.41) is 8.33. The minimum Gasteiger partial charge on any atom is -0.462 e. The highest BCUT2D eigenvalue weighted by Crippen LogP contribution is 2.30. The summed E-state index contributed by atoms with van der Waals surface area (Å²) < 4.78 is 46.4. The number of hydrogen-bond acceptors (Lipinski definition) is 7. The van der Waals surface area contributed by atoms with E-state index in [2.05, 4.69) is 9.73 Å². The molecule has 2 amide bonds. The number of piperidine rings is 2. The number of halogens is 3. The number of ether oxygens (including phenoxy) is 2. The van der Waals surface area contributed by atoms with Crippen LogP contribution in [0.2, 0.25) is 0 Å². The Morgan fingerprint density at radius 2 is 1.64 bits per heavy atom. The van der Waals surface area contributed by atoms with Crippen LogP contribution in [0.3, 0.4) is 0 Å². The van der Waals surface area contributed by atoms with Gasteiger partial charge in [-0.1, -0.05) is 0 Å². The van der Waals surface area contributed by atoms with Crippen LogP contribution in [0.25, 0.3) is 0 Å². The molecule has 0 radical (unpaired) electrons. The monoisotopic (exact) mass is 544 g/mol. The summed E-state index contributed by atoms with van der Waals surface area (Å²) in [5.41, 5.74) is 0.870. The number of anilines is 2. The normalized spacial score (nSPS) is 19.3. The Morgan fingerprint density at radius 1 is 1.00 bits per heavy atom. The van der Waals surface area contributed by atoms with Crippen molar-refractivity contribution in [3.63, 3.8) is 0 Å². The predicted molar refractivity (Wildman–Crippen MR) is 138 cm³/mol. The lowest BCUT2D eigenvalue weighted by Crippen LogP contribution is -2.50. The molecule has 4 rings (SSSR count). The number of aliphatic imine (C=N–C) groups is 1. The zero-order valence-electron chi connectivity index (χ0n) is 21.2. The van der Waals surface area contributed by atoms with Gasteiger partial charge in [0.25, 0.3) is 5.91 Å². The molecule has 1 N–H and O–H groups in total. The van der Waals surface area contributed by atoms with E-state index in [1.165, 1.54) is 17.0 Å². The average Bonchev–Trinajstić information content (AvgIpc) is 2.90. The predicted octanol–water partition coefficient (Wildman–Crippen LogP) is 4.81. The van der Waals surface area contributed by atoms with E-state index in [1.54, 1.807) is 36.1 Å². The van der Waals surface area contributed by atoms with E-state index in [9.17, 15) is 27.6 Å². The lowest BCUT2D eigenvalue weighted by atomic mass is 9.88. The lowest BCUT2D eigenvalue weighted by Gasteiger charge is -2.33. The SMILES string of the molecule is CCOC(=O)C(=N)C1CCN(c2ccc(N3CCCCC3=O)cc2)C(=O)C1=Nc1ccc(OC(F)(F)F)cc1. The Kier molecular flexibility index (Phi) is 8.32. The van der Waals surface area contributed by atoms with Crippen molar-refractivity contribution in [1.29, 1.82) is 5.41 Å². The van der Waals surface area contributed by atoms with Crippen LogP contribution in [0.1, 0.15) is 32.6 Å². The number of carbonyl (C=O) groups is 3. The van der Waals surface area contributed by atoms with E-state index in [0.29, 0.717) is 18.7 Å². The summed E-state index contributed by atoms with van der Waals surface area (Å²) in [5.74, 6) is -2.81. The van der Waals surface area contributed by atoms with Gasteiger partial charge < -0.3 is 19.3 Å². The summed E-state index contributed by atoms with van der Waals surface area (Å²) in [7, 11) is 0. The number of rotatable bonds is 7. The molecule has 0 saturated carbocycles. The molecular weight excluding hydrogens is 517 g/mol. The number of alkyl halides is 3. The second-order valence-electron chi connectivity index (χ2n) is 8.99. The first-order valence-electron chi connectivity index (χ1n) is 12.5. The quantitative estimate of drug-likeness (QED) is 0.397. The summed E-state index contributed by atoms with van der Waals surface area (Å²) in [6.07, 6.45) is -2.40. The van der Waals surface area contributed by atoms with E-state index in [4.69, 9.17) is 10.1 Å². The van der Waals surface area contributed by atoms with Crippen LogP contribution in [0.5, 0.6) is 5.75 Å². The number of hydrogen-bond donors (Lipinski definition) is 1. The molecule has 2 aliphatic rings. The zero-order chi connectivity index (χ0) is 28.2. The van der Waals surface area contributed by atoms with Crippen LogP contribution in [-0.2, 0) is 19.1 Å². The van der Waals surface area contributed by atoms with Crippen LogP contribution in [0.4, 0.5) is 30.2 Å². The lowest BCUT2D eigenvalue weighted by molar-refractivity contribution is -0.274. The summed E-state index contributed by atoms with van der Waals surface area (Å²) in [6, 6.07) is 11.6. The highest BCUT2D eigenvalue weighted by molar-refractivity contribution is 6.53. The van der Waals surface area contributed by atoms with E-state index >= 15 is 0 Å². The molecule has 0 aliphatic carbocycles. The molecule has 2 heterocycles. The Hall–Kier alpha value is -4.22. The van der Waals surface area contributed by atoms with Gasteiger partial charge >= 0.3 is 12.3 Å². The summed E-state index contributed by atoms with van der Waals surface area (Å²) in [6.45, 7) is 2.46. The molecule has 2 fully saturated rings. The largest absolute Gasteiger partial charge is 0.573 e. The van der Waals surface area contributed by atoms with Gasteiger partial charge in [0.2, 0.25) is 5.91 Å². The molecule has 9 nitrogen and oxygen atoms in total. The molecule has 2 aliphatic heterocycles. The Morgan fingerprint density at radius 3 is 2.23 bits per heavy atom. The third kappa shape index (κ3) is 6.62. The Bertz CT molecular complexity index is 1280.